The molecular weight excluding hydrogens is 1770 g/mol. The second kappa shape index (κ2) is 30.8. The van der Waals surface area contributed by atoms with Crippen molar-refractivity contribution in [3.05, 3.63) is 542 Å². The number of rotatable bonds is 11. The van der Waals surface area contributed by atoms with Crippen LogP contribution in [-0.2, 0) is 10.8 Å². The van der Waals surface area contributed by atoms with Crippen LogP contribution in [0.15, 0.2) is 515 Å². The summed E-state index contributed by atoms with van der Waals surface area (Å²) in [5.41, 5.74) is 36.0. The molecule has 4 nitrogen and oxygen atoms in total. The highest BCUT2D eigenvalue weighted by Crippen LogP contribution is 2.64. The lowest BCUT2D eigenvalue weighted by molar-refractivity contribution is 0.669. The molecule has 0 radical (unpaired) electrons. The molecule has 2 aliphatic carbocycles. The molecule has 26 aromatic carbocycles. The fraction of sp³-hybridized carbons (Fsp3) is 0.0141. The lowest BCUT2D eigenvalue weighted by Crippen LogP contribution is -2.28. The fourth-order valence-corrected chi connectivity index (χ4v) is 27.1. The smallest absolute Gasteiger partial charge is 0.136 e. The fourth-order valence-electron chi connectivity index (χ4n) is 27.1. The van der Waals surface area contributed by atoms with Gasteiger partial charge >= 0.3 is 0 Å². The minimum Gasteiger partial charge on any atom is -0.456 e. The molecule has 2 aliphatic rings. The average molecular weight is 1850 g/mol. The van der Waals surface area contributed by atoms with Gasteiger partial charge in [-0.15, -0.1) is 0 Å². The third-order valence-corrected chi connectivity index (χ3v) is 32.9. The zero-order valence-electron chi connectivity index (χ0n) is 79.0. The number of furan rings is 4. The van der Waals surface area contributed by atoms with Crippen molar-refractivity contribution in [2.24, 2.45) is 0 Å². The molecule has 0 bridgehead atoms. The lowest BCUT2D eigenvalue weighted by atomic mass is 9.67. The minimum absolute atomic E-state index is 0.641. The van der Waals surface area contributed by atoms with Crippen LogP contribution in [0.5, 0.6) is 0 Å². The normalized spacial score (nSPS) is 13.8. The van der Waals surface area contributed by atoms with Gasteiger partial charge in [-0.1, -0.05) is 431 Å². The quantitative estimate of drug-likeness (QED) is 0.121. The molecular formula is C142H82O4. The third-order valence-electron chi connectivity index (χ3n) is 32.9. The molecule has 1 atom stereocenters. The van der Waals surface area contributed by atoms with E-state index in [0.717, 1.165) is 235 Å². The minimum atomic E-state index is -0.806. The van der Waals surface area contributed by atoms with E-state index < -0.39 is 10.8 Å². The van der Waals surface area contributed by atoms with E-state index in [-0.39, 0.29) is 0 Å². The summed E-state index contributed by atoms with van der Waals surface area (Å²) >= 11 is 0. The van der Waals surface area contributed by atoms with Crippen LogP contribution < -0.4 is 0 Å². The van der Waals surface area contributed by atoms with Crippen molar-refractivity contribution in [3.8, 4) is 100 Å². The Bertz CT molecular complexity index is 10900. The maximum atomic E-state index is 7.09. The molecule has 0 saturated carbocycles. The van der Waals surface area contributed by atoms with Crippen LogP contribution in [0, 0.1) is 0 Å². The number of hydrogen-bond donors (Lipinski definition) is 0. The van der Waals surface area contributed by atoms with Crippen LogP contribution in [0.1, 0.15) is 44.5 Å². The first-order valence-corrected chi connectivity index (χ1v) is 50.6. The van der Waals surface area contributed by atoms with E-state index >= 15 is 0 Å². The van der Waals surface area contributed by atoms with Crippen molar-refractivity contribution in [2.45, 2.75) is 10.8 Å². The molecule has 146 heavy (non-hydrogen) atoms. The second-order valence-electron chi connectivity index (χ2n) is 39.8. The van der Waals surface area contributed by atoms with Crippen LogP contribution in [-0.4, -0.2) is 0 Å². The Morgan fingerprint density at radius 3 is 0.932 bits per heavy atom. The number of para-hydroxylation sites is 4. The highest BCUT2D eigenvalue weighted by Gasteiger charge is 2.49. The van der Waals surface area contributed by atoms with Crippen LogP contribution in [0.3, 0.4) is 0 Å². The summed E-state index contributed by atoms with van der Waals surface area (Å²) in [5.74, 6) is 0. The van der Waals surface area contributed by atoms with Gasteiger partial charge in [-0.2, -0.15) is 0 Å². The maximum Gasteiger partial charge on any atom is 0.136 e. The van der Waals surface area contributed by atoms with Crippen LogP contribution in [0.2, 0.25) is 0 Å². The largest absolute Gasteiger partial charge is 0.456 e. The summed E-state index contributed by atoms with van der Waals surface area (Å²) in [6.07, 6.45) is 0. The molecule has 1 unspecified atom stereocenters. The van der Waals surface area contributed by atoms with Crippen molar-refractivity contribution in [2.75, 3.05) is 0 Å². The Labute approximate surface area is 838 Å². The predicted octanol–water partition coefficient (Wildman–Crippen LogP) is 38.9. The maximum absolute atomic E-state index is 7.09. The Morgan fingerprint density at radius 1 is 0.123 bits per heavy atom. The van der Waals surface area contributed by atoms with Gasteiger partial charge in [0.15, 0.2) is 0 Å². The van der Waals surface area contributed by atoms with Gasteiger partial charge in [0.1, 0.15) is 44.7 Å². The molecule has 674 valence electrons. The standard InChI is InChI=1S/C142H82O4/c1-4-33-85(34-5-1)141(86-35-6-2-7-36-86)119-60-18-12-41-106(119)134-113(58-30-62-121(134)141)133-101-55-27-49-93(97-52-24-32-84-70-77-128-139(131(84)97)110-45-16-22-66-125(110)144-128)115(101)81-116-94(50-28-56-102(116)133)105-74-73-89(104-76-79-129-140(138(104)105)111-46-17-23-67-126(111)145-129)83-68-71-88(72-69-83)142(87-37-8-3-9-38-87)120-61-19-13-42-107(120)135-112(59-31-63-122(135)142)132-100-54-26-48-91(90-47-25-53-99-96(90)75-78-127-136(99)108-43-14-20-64-123(108)143-127)114(100)80-117-95(51-29-57-103(117)132)118-82-130-137(98-40-11-10-39-92(98)118)109-44-15-21-65-124(109)146-130/h1-82H. The van der Waals surface area contributed by atoms with Gasteiger partial charge in [0.25, 0.3) is 0 Å². The summed E-state index contributed by atoms with van der Waals surface area (Å²) in [6, 6.07) is 187. The molecule has 4 aromatic heterocycles. The molecule has 4 heteroatoms. The molecule has 0 fully saturated rings. The van der Waals surface area contributed by atoms with Crippen molar-refractivity contribution in [1.82, 2.24) is 0 Å². The van der Waals surface area contributed by atoms with E-state index in [1.807, 2.05) is 0 Å². The van der Waals surface area contributed by atoms with Gasteiger partial charge in [-0.25, -0.2) is 0 Å². The number of fused-ring (bicyclic) bond motifs is 30. The molecule has 0 aliphatic heterocycles. The summed E-state index contributed by atoms with van der Waals surface area (Å²) in [6.45, 7) is 0. The molecule has 0 amide bonds. The Balaban J connectivity index is 0.615. The Kier molecular flexibility index (Phi) is 17.0. The second-order valence-corrected chi connectivity index (χ2v) is 39.8. The predicted molar refractivity (Wildman–Crippen MR) is 608 cm³/mol. The summed E-state index contributed by atoms with van der Waals surface area (Å²) in [4.78, 5) is 0. The molecule has 0 spiro atoms. The summed E-state index contributed by atoms with van der Waals surface area (Å²) in [7, 11) is 0. The third kappa shape index (κ3) is 11.1. The molecule has 0 saturated heterocycles. The monoisotopic (exact) mass is 1850 g/mol. The Hall–Kier alpha value is -19.0. The first-order valence-electron chi connectivity index (χ1n) is 50.6. The van der Waals surface area contributed by atoms with Gasteiger partial charge in [0.2, 0.25) is 0 Å². The highest BCUT2D eigenvalue weighted by molar-refractivity contribution is 6.33. The molecule has 4 heterocycles. The summed E-state index contributed by atoms with van der Waals surface area (Å²) < 4.78 is 27.4. The molecule has 0 N–H and O–H groups in total. The summed E-state index contributed by atoms with van der Waals surface area (Å²) in [5, 5.41) is 27.2. The molecule has 32 rings (SSSR count). The van der Waals surface area contributed by atoms with E-state index in [1.54, 1.807) is 0 Å². The van der Waals surface area contributed by atoms with E-state index in [0.29, 0.717) is 0 Å². The average Bonchev–Trinajstić information content (AvgIpc) is 1.53. The van der Waals surface area contributed by atoms with Crippen LogP contribution >= 0.6 is 0 Å². The Morgan fingerprint density at radius 2 is 0.432 bits per heavy atom. The number of benzene rings is 26. The van der Waals surface area contributed by atoms with Crippen LogP contribution in [0.25, 0.3) is 274 Å². The van der Waals surface area contributed by atoms with Gasteiger partial charge in [-0.05, 0) is 287 Å². The number of hydrogen-bond acceptors (Lipinski definition) is 4. The van der Waals surface area contributed by atoms with Crippen molar-refractivity contribution in [3.63, 3.8) is 0 Å². The van der Waals surface area contributed by atoms with Gasteiger partial charge in [-0.3, -0.25) is 0 Å². The first-order chi connectivity index (χ1) is 72.5. The van der Waals surface area contributed by atoms with E-state index in [1.165, 1.54) is 83.3 Å². The van der Waals surface area contributed by atoms with E-state index in [2.05, 4.69) is 497 Å². The van der Waals surface area contributed by atoms with Gasteiger partial charge in [0, 0.05) is 53.9 Å². The SMILES string of the molecule is c1ccc(C2(c3ccc(-c4ccc(-c5cccc6c(-c7cccc8c7-c7ccccc7C8(c7ccccc7)c7ccccc7)c7cccc(-c8cccc9ccc%10oc%11ccccc%11c%10c89)c7cc56)c5c4ccc4oc6ccccc6c45)cc3)c3ccccc3-c3c(-c4c5cccc(-c6cccc7c6ccc6oc8ccccc8c67)c5cc5c(-c6cc7oc8ccccc8c7c7ccccc67)cccc45)cccc32)cc1. The van der Waals surface area contributed by atoms with Crippen molar-refractivity contribution < 1.29 is 17.7 Å². The van der Waals surface area contributed by atoms with Crippen LogP contribution in [0.4, 0.5) is 0 Å². The van der Waals surface area contributed by atoms with Gasteiger partial charge < -0.3 is 17.7 Å². The van der Waals surface area contributed by atoms with E-state index in [4.69, 9.17) is 17.7 Å². The highest BCUT2D eigenvalue weighted by atomic mass is 16.3. The topological polar surface area (TPSA) is 52.6 Å². The first kappa shape index (κ1) is 80.8. The van der Waals surface area contributed by atoms with Crippen molar-refractivity contribution in [1.29, 1.82) is 0 Å². The molecule has 30 aromatic rings. The zero-order valence-corrected chi connectivity index (χ0v) is 79.0. The van der Waals surface area contributed by atoms with Crippen molar-refractivity contribution >= 4 is 174 Å². The lowest BCUT2D eigenvalue weighted by Gasteiger charge is -2.34. The van der Waals surface area contributed by atoms with Gasteiger partial charge in [0.05, 0.1) is 10.8 Å². The zero-order chi connectivity index (χ0) is 95.3. The van der Waals surface area contributed by atoms with E-state index in [9.17, 15) is 0 Å².